The van der Waals surface area contributed by atoms with E-state index in [1.807, 2.05) is 12.3 Å². The van der Waals surface area contributed by atoms with Crippen LogP contribution in [0.2, 0.25) is 0 Å². The van der Waals surface area contributed by atoms with Crippen molar-refractivity contribution in [2.24, 2.45) is 0 Å². The predicted octanol–water partition coefficient (Wildman–Crippen LogP) is 15.6. The number of benzene rings is 9. The first kappa shape index (κ1) is 35.9. The number of rotatable bonds is 9. The van der Waals surface area contributed by atoms with Gasteiger partial charge in [0, 0.05) is 67.7 Å². The number of nitrogens with zero attached hydrogens (tertiary/aromatic N) is 4. The van der Waals surface area contributed by atoms with Crippen molar-refractivity contribution in [2.45, 2.75) is 0 Å². The lowest BCUT2D eigenvalue weighted by Gasteiger charge is -2.26. The Labute approximate surface area is 355 Å². The second-order valence-electron chi connectivity index (χ2n) is 15.3. The van der Waals surface area contributed by atoms with Gasteiger partial charge in [0.05, 0.1) is 16.6 Å². The minimum absolute atomic E-state index is 1.01. The fourth-order valence-electron chi connectivity index (χ4n) is 8.65. The van der Waals surface area contributed by atoms with Crippen LogP contribution in [0.4, 0.5) is 34.1 Å². The highest BCUT2D eigenvalue weighted by Crippen LogP contribution is 2.43. The van der Waals surface area contributed by atoms with E-state index >= 15 is 0 Å². The quantitative estimate of drug-likeness (QED) is 0.146. The molecule has 4 nitrogen and oxygen atoms in total. The van der Waals surface area contributed by atoms with E-state index in [0.29, 0.717) is 0 Å². The molecule has 0 atom stereocenters. The highest BCUT2D eigenvalue weighted by molar-refractivity contribution is 6.12. The molecule has 9 aromatic carbocycles. The Morgan fingerprint density at radius 1 is 0.311 bits per heavy atom. The predicted molar refractivity (Wildman–Crippen MR) is 256 cm³/mol. The zero-order valence-electron chi connectivity index (χ0n) is 33.4. The second-order valence-corrected chi connectivity index (χ2v) is 15.3. The molecule has 0 saturated heterocycles. The van der Waals surface area contributed by atoms with E-state index in [1.54, 1.807) is 0 Å². The summed E-state index contributed by atoms with van der Waals surface area (Å²) in [4.78, 5) is 9.36. The summed E-state index contributed by atoms with van der Waals surface area (Å²) in [7, 11) is 0. The van der Waals surface area contributed by atoms with E-state index < -0.39 is 0 Å². The standard InChI is InChI=1S/C57H40N4/c1-5-16-46(17-6-1)59(47-18-7-2-8-19-47)51-33-35-56-53(38-51)54-39-52(60(48-20-9-3-10-21-48)49-22-11-4-12-23-49)34-36-57(54)61(56)50-31-29-42(30-32-50)41-25-27-43(28-26-41)45-37-44-15-13-14-24-55(44)58-40-45/h1-40H. The number of fused-ring (bicyclic) bond motifs is 4. The maximum Gasteiger partial charge on any atom is 0.0702 e. The lowest BCUT2D eigenvalue weighted by atomic mass is 10.00. The lowest BCUT2D eigenvalue weighted by Crippen LogP contribution is -2.09. The van der Waals surface area contributed by atoms with Crippen molar-refractivity contribution >= 4 is 66.8 Å². The summed E-state index contributed by atoms with van der Waals surface area (Å²) in [6, 6.07) is 84.5. The zero-order valence-corrected chi connectivity index (χ0v) is 33.4. The normalized spacial score (nSPS) is 11.3. The monoisotopic (exact) mass is 780 g/mol. The average molecular weight is 781 g/mol. The van der Waals surface area contributed by atoms with Crippen molar-refractivity contribution in [2.75, 3.05) is 9.80 Å². The fraction of sp³-hybridized carbons (Fsp3) is 0. The molecule has 0 amide bonds. The average Bonchev–Trinajstić information content (AvgIpc) is 3.66. The second kappa shape index (κ2) is 15.5. The zero-order chi connectivity index (χ0) is 40.5. The minimum atomic E-state index is 1.01. The molecule has 0 saturated carbocycles. The van der Waals surface area contributed by atoms with Gasteiger partial charge in [0.25, 0.3) is 0 Å². The van der Waals surface area contributed by atoms with Crippen molar-refractivity contribution in [3.63, 3.8) is 0 Å². The van der Waals surface area contributed by atoms with Crippen molar-refractivity contribution in [1.82, 2.24) is 9.55 Å². The first-order valence-corrected chi connectivity index (χ1v) is 20.7. The van der Waals surface area contributed by atoms with Gasteiger partial charge < -0.3 is 14.4 Å². The summed E-state index contributed by atoms with van der Waals surface area (Å²) >= 11 is 0. The van der Waals surface area contributed by atoms with Gasteiger partial charge in [0.15, 0.2) is 0 Å². The maximum absolute atomic E-state index is 4.69. The molecule has 61 heavy (non-hydrogen) atoms. The van der Waals surface area contributed by atoms with Gasteiger partial charge in [-0.2, -0.15) is 0 Å². The van der Waals surface area contributed by atoms with Crippen molar-refractivity contribution in [3.8, 4) is 27.9 Å². The van der Waals surface area contributed by atoms with Gasteiger partial charge in [-0.25, -0.2) is 0 Å². The van der Waals surface area contributed by atoms with Crippen LogP contribution in [0, 0.1) is 0 Å². The highest BCUT2D eigenvalue weighted by Gasteiger charge is 2.20. The molecule has 11 aromatic rings. The summed E-state index contributed by atoms with van der Waals surface area (Å²) < 4.78 is 2.41. The molecular weight excluding hydrogens is 741 g/mol. The molecule has 0 aliphatic rings. The van der Waals surface area contributed by atoms with Crippen LogP contribution in [0.3, 0.4) is 0 Å². The molecule has 0 fully saturated rings. The molecule has 0 N–H and O–H groups in total. The van der Waals surface area contributed by atoms with Crippen LogP contribution in [0.25, 0.3) is 60.6 Å². The molecule has 0 aliphatic heterocycles. The van der Waals surface area contributed by atoms with Crippen LogP contribution in [0.5, 0.6) is 0 Å². The Morgan fingerprint density at radius 3 is 1.16 bits per heavy atom. The maximum atomic E-state index is 4.69. The van der Waals surface area contributed by atoms with E-state index in [0.717, 1.165) is 72.9 Å². The first-order valence-electron chi connectivity index (χ1n) is 20.7. The Morgan fingerprint density at radius 2 is 0.705 bits per heavy atom. The molecule has 0 unspecified atom stereocenters. The summed E-state index contributed by atoms with van der Waals surface area (Å²) in [5.41, 5.74) is 15.6. The van der Waals surface area contributed by atoms with Crippen LogP contribution in [-0.2, 0) is 0 Å². The summed E-state index contributed by atoms with van der Waals surface area (Å²) in [6.45, 7) is 0. The van der Waals surface area contributed by atoms with Gasteiger partial charge in [-0.1, -0.05) is 127 Å². The third-order valence-corrected chi connectivity index (χ3v) is 11.6. The Balaban J connectivity index is 1.04. The number of para-hydroxylation sites is 5. The van der Waals surface area contributed by atoms with E-state index in [-0.39, 0.29) is 0 Å². The van der Waals surface area contributed by atoms with Gasteiger partial charge in [0.1, 0.15) is 0 Å². The van der Waals surface area contributed by atoms with Crippen molar-refractivity contribution in [3.05, 3.63) is 243 Å². The molecule has 11 rings (SSSR count). The SMILES string of the molecule is c1ccc(N(c2ccccc2)c2ccc3c(c2)c2cc(N(c4ccccc4)c4ccccc4)ccc2n3-c2ccc(-c3ccc(-c4cnc5ccccc5c4)cc3)cc2)cc1. The van der Waals surface area contributed by atoms with E-state index in [4.69, 9.17) is 4.98 Å². The number of pyridine rings is 1. The lowest BCUT2D eigenvalue weighted by molar-refractivity contribution is 1.18. The third-order valence-electron chi connectivity index (χ3n) is 11.6. The van der Waals surface area contributed by atoms with Crippen LogP contribution >= 0.6 is 0 Å². The van der Waals surface area contributed by atoms with Crippen LogP contribution in [-0.4, -0.2) is 9.55 Å². The van der Waals surface area contributed by atoms with Gasteiger partial charge in [0.2, 0.25) is 0 Å². The highest BCUT2D eigenvalue weighted by atomic mass is 15.1. The van der Waals surface area contributed by atoms with Gasteiger partial charge in [-0.05, 0) is 126 Å². The number of hydrogen-bond acceptors (Lipinski definition) is 3. The summed E-state index contributed by atoms with van der Waals surface area (Å²) in [6.07, 6.45) is 1.96. The van der Waals surface area contributed by atoms with Crippen LogP contribution in [0.1, 0.15) is 0 Å². The molecule has 0 aliphatic carbocycles. The largest absolute Gasteiger partial charge is 0.310 e. The Bertz CT molecular complexity index is 3050. The van der Waals surface area contributed by atoms with E-state index in [2.05, 4.69) is 245 Å². The molecule has 4 heteroatoms. The molecular formula is C57H40N4. The third kappa shape index (κ3) is 6.76. The Hall–Kier alpha value is -8.21. The van der Waals surface area contributed by atoms with Gasteiger partial charge in [-0.15, -0.1) is 0 Å². The molecule has 0 spiro atoms. The number of aromatic nitrogens is 2. The first-order chi connectivity index (χ1) is 30.2. The minimum Gasteiger partial charge on any atom is -0.310 e. The van der Waals surface area contributed by atoms with Crippen molar-refractivity contribution in [1.29, 1.82) is 0 Å². The molecule has 2 heterocycles. The smallest absolute Gasteiger partial charge is 0.0702 e. The molecule has 2 aromatic heterocycles. The number of anilines is 6. The van der Waals surface area contributed by atoms with Gasteiger partial charge >= 0.3 is 0 Å². The van der Waals surface area contributed by atoms with E-state index in [1.165, 1.54) is 21.9 Å². The van der Waals surface area contributed by atoms with Gasteiger partial charge in [-0.3, -0.25) is 4.98 Å². The molecule has 0 bridgehead atoms. The van der Waals surface area contributed by atoms with Crippen molar-refractivity contribution < 1.29 is 0 Å². The molecule has 0 radical (unpaired) electrons. The van der Waals surface area contributed by atoms with Crippen LogP contribution in [0.15, 0.2) is 243 Å². The Kier molecular flexibility index (Phi) is 9.14. The van der Waals surface area contributed by atoms with Crippen LogP contribution < -0.4 is 9.80 Å². The van der Waals surface area contributed by atoms with E-state index in [9.17, 15) is 0 Å². The summed E-state index contributed by atoms with van der Waals surface area (Å²) in [5.74, 6) is 0. The number of hydrogen-bond donors (Lipinski definition) is 0. The fourth-order valence-corrected chi connectivity index (χ4v) is 8.65. The summed E-state index contributed by atoms with van der Waals surface area (Å²) in [5, 5.41) is 3.50. The topological polar surface area (TPSA) is 24.3 Å². The molecule has 288 valence electrons.